The van der Waals surface area contributed by atoms with Crippen LogP contribution in [0.25, 0.3) is 0 Å². The molecule has 2 N–H and O–H groups in total. The Kier molecular flexibility index (Phi) is 6.89. The number of aryl methyl sites for hydroxylation is 2. The number of rotatable bonds is 6. The molecule has 0 aliphatic carbocycles. The predicted octanol–water partition coefficient (Wildman–Crippen LogP) is 2.88. The fraction of sp³-hybridized carbons (Fsp3) is 0.500. The van der Waals surface area contributed by atoms with Crippen LogP contribution in [0.3, 0.4) is 0 Å². The molecule has 1 aromatic rings. The Morgan fingerprint density at radius 1 is 1.37 bits per heavy atom. The zero-order valence-electron chi connectivity index (χ0n) is 11.8. The lowest BCUT2D eigenvalue weighted by atomic mass is 10.2. The normalized spacial score (nSPS) is 12.3. The molecular formula is C14H21BrN2OS. The SMILES string of the molecule is CNC(C)CNC(=O)CSc1cc(C)c(Br)cc1C. The standard InChI is InChI=1S/C14H21BrN2OS/c1-9-6-13(10(2)5-12(9)15)19-8-14(18)17-7-11(3)16-4/h5-6,11,16H,7-8H2,1-4H3,(H,17,18). The van der Waals surface area contributed by atoms with E-state index in [0.29, 0.717) is 18.3 Å². The lowest BCUT2D eigenvalue weighted by Gasteiger charge is -2.12. The van der Waals surface area contributed by atoms with Crippen molar-refractivity contribution in [3.63, 3.8) is 0 Å². The van der Waals surface area contributed by atoms with Crippen LogP contribution in [0.4, 0.5) is 0 Å². The highest BCUT2D eigenvalue weighted by Crippen LogP contribution is 2.28. The van der Waals surface area contributed by atoms with E-state index < -0.39 is 0 Å². The highest BCUT2D eigenvalue weighted by Gasteiger charge is 2.07. The molecule has 1 atom stereocenters. The van der Waals surface area contributed by atoms with Crippen molar-refractivity contribution < 1.29 is 4.79 Å². The number of likely N-dealkylation sites (N-methyl/N-ethyl adjacent to an activating group) is 1. The molecule has 0 fully saturated rings. The summed E-state index contributed by atoms with van der Waals surface area (Å²) >= 11 is 5.10. The highest BCUT2D eigenvalue weighted by atomic mass is 79.9. The molecule has 0 radical (unpaired) electrons. The lowest BCUT2D eigenvalue weighted by Crippen LogP contribution is -2.37. The summed E-state index contributed by atoms with van der Waals surface area (Å²) in [5, 5.41) is 6.01. The summed E-state index contributed by atoms with van der Waals surface area (Å²) in [4.78, 5) is 12.9. The number of hydrogen-bond donors (Lipinski definition) is 2. The van der Waals surface area contributed by atoms with Crippen molar-refractivity contribution >= 4 is 33.6 Å². The molecule has 1 rings (SSSR count). The van der Waals surface area contributed by atoms with Crippen LogP contribution in [0, 0.1) is 13.8 Å². The minimum absolute atomic E-state index is 0.0760. The number of thioether (sulfide) groups is 1. The average molecular weight is 345 g/mol. The van der Waals surface area contributed by atoms with Gasteiger partial charge >= 0.3 is 0 Å². The Morgan fingerprint density at radius 3 is 2.68 bits per heavy atom. The van der Waals surface area contributed by atoms with Crippen LogP contribution in [-0.2, 0) is 4.79 Å². The first-order valence-corrected chi connectivity index (χ1v) is 8.05. The van der Waals surface area contributed by atoms with E-state index >= 15 is 0 Å². The summed E-state index contributed by atoms with van der Waals surface area (Å²) in [6.45, 7) is 6.82. The average Bonchev–Trinajstić information content (AvgIpc) is 2.38. The molecule has 0 aliphatic rings. The molecule has 5 heteroatoms. The second-order valence-electron chi connectivity index (χ2n) is 4.65. The Balaban J connectivity index is 2.48. The van der Waals surface area contributed by atoms with Gasteiger partial charge in [0, 0.05) is 22.0 Å². The third-order valence-electron chi connectivity index (χ3n) is 2.91. The van der Waals surface area contributed by atoms with Gasteiger partial charge in [-0.3, -0.25) is 4.79 Å². The number of hydrogen-bond acceptors (Lipinski definition) is 3. The summed E-state index contributed by atoms with van der Waals surface area (Å²) in [6, 6.07) is 4.51. The maximum Gasteiger partial charge on any atom is 0.230 e. The van der Waals surface area contributed by atoms with Crippen LogP contribution < -0.4 is 10.6 Å². The van der Waals surface area contributed by atoms with E-state index in [1.165, 1.54) is 11.1 Å². The van der Waals surface area contributed by atoms with Crippen LogP contribution >= 0.6 is 27.7 Å². The molecular weight excluding hydrogens is 324 g/mol. The number of halogens is 1. The summed E-state index contributed by atoms with van der Waals surface area (Å²) < 4.78 is 1.11. The van der Waals surface area contributed by atoms with E-state index in [0.717, 1.165) is 9.37 Å². The molecule has 19 heavy (non-hydrogen) atoms. The van der Waals surface area contributed by atoms with E-state index in [1.807, 2.05) is 14.0 Å². The first-order valence-electron chi connectivity index (χ1n) is 6.27. The van der Waals surface area contributed by atoms with Gasteiger partial charge in [0.15, 0.2) is 0 Å². The second kappa shape index (κ2) is 7.92. The summed E-state index contributed by atoms with van der Waals surface area (Å²) in [5.74, 6) is 0.533. The molecule has 0 saturated heterocycles. The van der Waals surface area contributed by atoms with Crippen LogP contribution in [-0.4, -0.2) is 31.3 Å². The van der Waals surface area contributed by atoms with Crippen molar-refractivity contribution in [2.24, 2.45) is 0 Å². The first-order chi connectivity index (χ1) is 8.93. The number of amides is 1. The first kappa shape index (κ1) is 16.5. The molecule has 106 valence electrons. The van der Waals surface area contributed by atoms with Gasteiger partial charge in [-0.1, -0.05) is 15.9 Å². The van der Waals surface area contributed by atoms with Crippen molar-refractivity contribution in [2.45, 2.75) is 31.7 Å². The minimum Gasteiger partial charge on any atom is -0.354 e. The van der Waals surface area contributed by atoms with Crippen LogP contribution in [0.2, 0.25) is 0 Å². The Labute approximate surface area is 128 Å². The molecule has 0 aromatic heterocycles. The molecule has 1 unspecified atom stereocenters. The minimum atomic E-state index is 0.0760. The molecule has 0 bridgehead atoms. The zero-order valence-corrected chi connectivity index (χ0v) is 14.2. The van der Waals surface area contributed by atoms with Crippen LogP contribution in [0.15, 0.2) is 21.5 Å². The van der Waals surface area contributed by atoms with Crippen LogP contribution in [0.5, 0.6) is 0 Å². The van der Waals surface area contributed by atoms with Crippen molar-refractivity contribution in [1.29, 1.82) is 0 Å². The van der Waals surface area contributed by atoms with Gasteiger partial charge in [0.05, 0.1) is 5.75 Å². The van der Waals surface area contributed by atoms with Gasteiger partial charge in [-0.25, -0.2) is 0 Å². The van der Waals surface area contributed by atoms with Crippen molar-refractivity contribution in [3.05, 3.63) is 27.7 Å². The van der Waals surface area contributed by atoms with Gasteiger partial charge in [0.1, 0.15) is 0 Å². The fourth-order valence-electron chi connectivity index (χ4n) is 1.47. The van der Waals surface area contributed by atoms with E-state index in [-0.39, 0.29) is 5.91 Å². The molecule has 0 spiro atoms. The fourth-order valence-corrected chi connectivity index (χ4v) is 2.87. The number of carbonyl (C=O) groups is 1. The van der Waals surface area contributed by atoms with Crippen molar-refractivity contribution in [3.8, 4) is 0 Å². The molecule has 0 aliphatic heterocycles. The van der Waals surface area contributed by atoms with Gasteiger partial charge in [0.25, 0.3) is 0 Å². The summed E-state index contributed by atoms with van der Waals surface area (Å²) in [6.07, 6.45) is 0. The van der Waals surface area contributed by atoms with Crippen LogP contribution in [0.1, 0.15) is 18.1 Å². The molecule has 3 nitrogen and oxygen atoms in total. The smallest absolute Gasteiger partial charge is 0.230 e. The molecule has 0 heterocycles. The Hall–Kier alpha value is -0.520. The van der Waals surface area contributed by atoms with Crippen molar-refractivity contribution in [2.75, 3.05) is 19.3 Å². The monoisotopic (exact) mass is 344 g/mol. The molecule has 0 saturated carbocycles. The number of nitrogens with one attached hydrogen (secondary N) is 2. The van der Waals surface area contributed by atoms with Gasteiger partial charge in [-0.05, 0) is 51.1 Å². The largest absolute Gasteiger partial charge is 0.354 e. The topological polar surface area (TPSA) is 41.1 Å². The van der Waals surface area contributed by atoms with Crippen molar-refractivity contribution in [1.82, 2.24) is 10.6 Å². The quantitative estimate of drug-likeness (QED) is 0.779. The zero-order chi connectivity index (χ0) is 14.4. The van der Waals surface area contributed by atoms with Gasteiger partial charge in [-0.15, -0.1) is 11.8 Å². The third-order valence-corrected chi connectivity index (χ3v) is 4.92. The third kappa shape index (κ3) is 5.55. The maximum absolute atomic E-state index is 11.7. The van der Waals surface area contributed by atoms with Gasteiger partial charge in [0.2, 0.25) is 5.91 Å². The predicted molar refractivity (Wildman–Crippen MR) is 85.9 cm³/mol. The van der Waals surface area contributed by atoms with E-state index in [4.69, 9.17) is 0 Å². The van der Waals surface area contributed by atoms with E-state index in [9.17, 15) is 4.79 Å². The van der Waals surface area contributed by atoms with E-state index in [1.54, 1.807) is 11.8 Å². The Morgan fingerprint density at radius 2 is 2.05 bits per heavy atom. The second-order valence-corrected chi connectivity index (χ2v) is 6.52. The number of carbonyl (C=O) groups excluding carboxylic acids is 1. The van der Waals surface area contributed by atoms with E-state index in [2.05, 4.69) is 52.5 Å². The summed E-state index contributed by atoms with van der Waals surface area (Å²) in [7, 11) is 1.89. The lowest BCUT2D eigenvalue weighted by molar-refractivity contribution is -0.118. The molecule has 1 amide bonds. The summed E-state index contributed by atoms with van der Waals surface area (Å²) in [5.41, 5.74) is 2.39. The molecule has 1 aromatic carbocycles. The van der Waals surface area contributed by atoms with Gasteiger partial charge < -0.3 is 10.6 Å². The van der Waals surface area contributed by atoms with Gasteiger partial charge in [-0.2, -0.15) is 0 Å². The number of benzene rings is 1. The highest BCUT2D eigenvalue weighted by molar-refractivity contribution is 9.10. The Bertz CT molecular complexity index is 451. The maximum atomic E-state index is 11.7.